The van der Waals surface area contributed by atoms with Crippen LogP contribution in [0.1, 0.15) is 43.6 Å². The van der Waals surface area contributed by atoms with Gasteiger partial charge in [-0.05, 0) is 31.2 Å². The number of hydrogen-bond donors (Lipinski definition) is 0. The first-order chi connectivity index (χ1) is 13.2. The number of nitrogens with zero attached hydrogens (tertiary/aromatic N) is 2. The highest BCUT2D eigenvalue weighted by Crippen LogP contribution is 2.36. The van der Waals surface area contributed by atoms with Gasteiger partial charge in [0.05, 0.1) is 32.8 Å². The Morgan fingerprint density at radius 3 is 2.81 bits per heavy atom. The van der Waals surface area contributed by atoms with Crippen molar-refractivity contribution in [2.75, 3.05) is 34.0 Å². The summed E-state index contributed by atoms with van der Waals surface area (Å²) in [7, 11) is 3.17. The number of ether oxygens (including phenoxy) is 3. The Bertz CT molecular complexity index is 634. The third kappa shape index (κ3) is 5.01. The molecule has 2 fully saturated rings. The van der Waals surface area contributed by atoms with Gasteiger partial charge in [0.25, 0.3) is 0 Å². The summed E-state index contributed by atoms with van der Waals surface area (Å²) in [6.45, 7) is 2.27. The van der Waals surface area contributed by atoms with Gasteiger partial charge in [-0.1, -0.05) is 30.3 Å². The molecule has 2 aliphatic rings. The van der Waals surface area contributed by atoms with E-state index in [2.05, 4.69) is 17.1 Å². The largest absolute Gasteiger partial charge is 0.480 e. The summed E-state index contributed by atoms with van der Waals surface area (Å²) < 4.78 is 16.3. The van der Waals surface area contributed by atoms with Crippen molar-refractivity contribution in [3.05, 3.63) is 35.9 Å². The lowest BCUT2D eigenvalue weighted by Crippen LogP contribution is -2.35. The van der Waals surface area contributed by atoms with Gasteiger partial charge in [-0.2, -0.15) is 0 Å². The number of methoxy groups -OCH3 is 2. The lowest BCUT2D eigenvalue weighted by atomic mass is 9.80. The molecule has 0 unspecified atom stereocenters. The molecule has 2 heterocycles. The van der Waals surface area contributed by atoms with Crippen molar-refractivity contribution >= 4 is 11.9 Å². The smallest absolute Gasteiger partial charge is 0.306 e. The van der Waals surface area contributed by atoms with Crippen LogP contribution >= 0.6 is 0 Å². The zero-order valence-corrected chi connectivity index (χ0v) is 16.3. The van der Waals surface area contributed by atoms with Crippen molar-refractivity contribution in [1.29, 1.82) is 0 Å². The number of rotatable bonds is 7. The number of benzene rings is 1. The summed E-state index contributed by atoms with van der Waals surface area (Å²) in [6, 6.07) is 10.5. The number of hydrogen-bond acceptors (Lipinski definition) is 6. The molecule has 3 atom stereocenters. The van der Waals surface area contributed by atoms with Crippen LogP contribution in [0.5, 0.6) is 0 Å². The van der Waals surface area contributed by atoms with Crippen molar-refractivity contribution in [3.63, 3.8) is 0 Å². The average Bonchev–Trinajstić information content (AvgIpc) is 3.14. The molecule has 0 bridgehead atoms. The van der Waals surface area contributed by atoms with Gasteiger partial charge in [-0.15, -0.1) is 5.10 Å². The Kier molecular flexibility index (Phi) is 7.10. The Labute approximate surface area is 161 Å². The number of hydrazone groups is 1. The molecule has 3 rings (SSSR count). The third-order valence-corrected chi connectivity index (χ3v) is 5.49. The fraction of sp³-hybridized carbons (Fsp3) is 0.619. The van der Waals surface area contributed by atoms with Gasteiger partial charge >= 0.3 is 5.97 Å². The van der Waals surface area contributed by atoms with E-state index in [9.17, 15) is 4.79 Å². The zero-order valence-electron chi connectivity index (χ0n) is 16.3. The lowest BCUT2D eigenvalue weighted by Gasteiger charge is -2.33. The van der Waals surface area contributed by atoms with Crippen LogP contribution < -0.4 is 0 Å². The molecule has 0 aromatic heterocycles. The first kappa shape index (κ1) is 19.7. The maximum atomic E-state index is 12.1. The van der Waals surface area contributed by atoms with E-state index in [4.69, 9.17) is 19.3 Å². The molecule has 2 saturated heterocycles. The van der Waals surface area contributed by atoms with Crippen LogP contribution in [0.4, 0.5) is 0 Å². The maximum absolute atomic E-state index is 12.1. The summed E-state index contributed by atoms with van der Waals surface area (Å²) in [5, 5.41) is 7.00. The molecule has 0 N–H and O–H groups in total. The molecule has 1 aromatic rings. The summed E-state index contributed by atoms with van der Waals surface area (Å²) in [5.74, 6) is 0.624. The van der Waals surface area contributed by atoms with Crippen LogP contribution in [-0.2, 0) is 19.0 Å². The van der Waals surface area contributed by atoms with Crippen molar-refractivity contribution in [1.82, 2.24) is 5.01 Å². The lowest BCUT2D eigenvalue weighted by molar-refractivity contribution is -0.141. The average molecular weight is 374 g/mol. The molecule has 2 aliphatic heterocycles. The molecule has 6 heteroatoms. The van der Waals surface area contributed by atoms with Gasteiger partial charge in [-0.3, -0.25) is 9.80 Å². The molecule has 0 saturated carbocycles. The van der Waals surface area contributed by atoms with Crippen LogP contribution in [-0.4, -0.2) is 56.9 Å². The highest BCUT2D eigenvalue weighted by atomic mass is 16.5. The predicted octanol–water partition coefficient (Wildman–Crippen LogP) is 3.18. The molecular weight excluding hydrogens is 344 g/mol. The van der Waals surface area contributed by atoms with Gasteiger partial charge in [0.15, 0.2) is 0 Å². The van der Waals surface area contributed by atoms with Crippen molar-refractivity contribution < 1.29 is 19.0 Å². The SMILES string of the molecule is COC[C@@H]1CCCN1N=C1OCCC[C@H]1[C@H](CC(=O)OC)c1ccccc1. The van der Waals surface area contributed by atoms with Gasteiger partial charge in [-0.25, -0.2) is 0 Å². The molecule has 6 nitrogen and oxygen atoms in total. The predicted molar refractivity (Wildman–Crippen MR) is 104 cm³/mol. The summed E-state index contributed by atoms with van der Waals surface area (Å²) in [5.41, 5.74) is 1.13. The first-order valence-electron chi connectivity index (χ1n) is 9.81. The highest BCUT2D eigenvalue weighted by Gasteiger charge is 2.35. The second kappa shape index (κ2) is 9.74. The summed E-state index contributed by atoms with van der Waals surface area (Å²) in [4.78, 5) is 12.1. The Hall–Kier alpha value is -2.08. The standard InChI is InChI=1S/C21H30N2O4/c1-25-15-17-10-6-12-23(17)22-21-18(11-7-13-27-21)19(14-20(24)26-2)16-8-4-3-5-9-16/h3-5,8-9,17-19H,6-7,10-15H2,1-2H3/t17-,18-,19+/m0/s1. The quantitative estimate of drug-likeness (QED) is 0.686. The van der Waals surface area contributed by atoms with Crippen LogP contribution in [0, 0.1) is 5.92 Å². The van der Waals surface area contributed by atoms with Gasteiger partial charge in [0, 0.05) is 25.5 Å². The minimum absolute atomic E-state index is 0.00109. The van der Waals surface area contributed by atoms with Crippen LogP contribution in [0.25, 0.3) is 0 Å². The summed E-state index contributed by atoms with van der Waals surface area (Å²) in [6.07, 6.45) is 4.45. The van der Waals surface area contributed by atoms with Crippen LogP contribution in [0.15, 0.2) is 35.4 Å². The molecule has 0 amide bonds. The van der Waals surface area contributed by atoms with E-state index in [1.54, 1.807) is 7.11 Å². The molecular formula is C21H30N2O4. The second-order valence-electron chi connectivity index (χ2n) is 7.25. The minimum atomic E-state index is -0.202. The van der Waals surface area contributed by atoms with Crippen LogP contribution in [0.2, 0.25) is 0 Å². The van der Waals surface area contributed by atoms with Crippen molar-refractivity contribution in [2.45, 2.75) is 44.1 Å². The fourth-order valence-electron chi connectivity index (χ4n) is 4.08. The van der Waals surface area contributed by atoms with Crippen molar-refractivity contribution in [2.24, 2.45) is 11.0 Å². The van der Waals surface area contributed by atoms with E-state index in [0.29, 0.717) is 25.7 Å². The van der Waals surface area contributed by atoms with Crippen LogP contribution in [0.3, 0.4) is 0 Å². The number of carbonyl (C=O) groups excluding carboxylic acids is 1. The molecule has 0 aliphatic carbocycles. The normalized spacial score (nSPS) is 25.3. The van der Waals surface area contributed by atoms with E-state index in [1.165, 1.54) is 7.11 Å². The van der Waals surface area contributed by atoms with Crippen molar-refractivity contribution in [3.8, 4) is 0 Å². The minimum Gasteiger partial charge on any atom is -0.480 e. The van der Waals surface area contributed by atoms with E-state index in [0.717, 1.165) is 43.7 Å². The maximum Gasteiger partial charge on any atom is 0.306 e. The first-order valence-corrected chi connectivity index (χ1v) is 9.81. The van der Waals surface area contributed by atoms with Gasteiger partial charge in [0.1, 0.15) is 0 Å². The van der Waals surface area contributed by atoms with E-state index >= 15 is 0 Å². The third-order valence-electron chi connectivity index (χ3n) is 5.49. The Morgan fingerprint density at radius 1 is 1.26 bits per heavy atom. The Balaban J connectivity index is 1.86. The number of esters is 1. The summed E-state index contributed by atoms with van der Waals surface area (Å²) >= 11 is 0. The molecule has 1 aromatic carbocycles. The van der Waals surface area contributed by atoms with E-state index < -0.39 is 0 Å². The Morgan fingerprint density at radius 2 is 2.07 bits per heavy atom. The molecule has 0 radical (unpaired) electrons. The molecule has 27 heavy (non-hydrogen) atoms. The number of carbonyl (C=O) groups is 1. The topological polar surface area (TPSA) is 60.4 Å². The monoisotopic (exact) mass is 374 g/mol. The van der Waals surface area contributed by atoms with Gasteiger partial charge < -0.3 is 14.2 Å². The molecule has 148 valence electrons. The highest BCUT2D eigenvalue weighted by molar-refractivity contribution is 5.81. The van der Waals surface area contributed by atoms with E-state index in [1.807, 2.05) is 18.2 Å². The fourth-order valence-corrected chi connectivity index (χ4v) is 4.08. The van der Waals surface area contributed by atoms with Gasteiger partial charge in [0.2, 0.25) is 5.90 Å². The molecule has 0 spiro atoms. The zero-order chi connectivity index (χ0) is 19.1. The second-order valence-corrected chi connectivity index (χ2v) is 7.25. The van der Waals surface area contributed by atoms with E-state index in [-0.39, 0.29) is 17.8 Å².